The Morgan fingerprint density at radius 2 is 2.24 bits per heavy atom. The van der Waals surface area contributed by atoms with Crippen molar-refractivity contribution in [2.45, 2.75) is 37.2 Å². The molecule has 1 amide bonds. The van der Waals surface area contributed by atoms with Crippen molar-refractivity contribution in [2.75, 3.05) is 6.54 Å². The van der Waals surface area contributed by atoms with E-state index in [0.29, 0.717) is 13.0 Å². The van der Waals surface area contributed by atoms with Crippen molar-refractivity contribution >= 4 is 16.2 Å². The van der Waals surface area contributed by atoms with E-state index in [-0.39, 0.29) is 17.1 Å². The van der Waals surface area contributed by atoms with Gasteiger partial charge >= 0.3 is 6.09 Å². The van der Waals surface area contributed by atoms with Crippen LogP contribution in [0.3, 0.4) is 0 Å². The summed E-state index contributed by atoms with van der Waals surface area (Å²) in [6.45, 7) is 2.29. The molecule has 0 spiro atoms. The molecule has 3 aliphatic rings. The highest BCUT2D eigenvalue weighted by Crippen LogP contribution is 2.55. The van der Waals surface area contributed by atoms with E-state index >= 15 is 0 Å². The summed E-state index contributed by atoms with van der Waals surface area (Å²) in [7, 11) is -3.42. The molecule has 1 saturated heterocycles. The molecule has 96 valence electrons. The SMILES string of the molecule is CCNC(=O)OC1C2CC3C1OS(=O)(=O)C3C2. The summed E-state index contributed by atoms with van der Waals surface area (Å²) in [5.74, 6) is 0.152. The fraction of sp³-hybridized carbons (Fsp3) is 0.900. The van der Waals surface area contributed by atoms with Crippen LogP contribution < -0.4 is 5.32 Å². The third-order valence-electron chi connectivity index (χ3n) is 3.98. The number of hydrogen-bond donors (Lipinski definition) is 1. The van der Waals surface area contributed by atoms with Gasteiger partial charge in [0.15, 0.2) is 0 Å². The largest absolute Gasteiger partial charge is 0.443 e. The molecular formula is C10H15NO5S. The molecule has 1 heterocycles. The van der Waals surface area contributed by atoms with Crippen molar-refractivity contribution in [3.8, 4) is 0 Å². The molecule has 2 aliphatic carbocycles. The topological polar surface area (TPSA) is 81.7 Å². The van der Waals surface area contributed by atoms with Crippen LogP contribution in [0.25, 0.3) is 0 Å². The van der Waals surface area contributed by atoms with Crippen molar-refractivity contribution in [1.29, 1.82) is 0 Å². The Bertz CT molecular complexity index is 448. The first-order valence-corrected chi connectivity index (χ1v) is 7.36. The van der Waals surface area contributed by atoms with Crippen LogP contribution in [0.1, 0.15) is 19.8 Å². The smallest absolute Gasteiger partial charge is 0.407 e. The van der Waals surface area contributed by atoms with Gasteiger partial charge in [-0.25, -0.2) is 4.79 Å². The summed E-state index contributed by atoms with van der Waals surface area (Å²) in [4.78, 5) is 11.4. The quantitative estimate of drug-likeness (QED) is 0.720. The summed E-state index contributed by atoms with van der Waals surface area (Å²) in [5, 5.41) is 2.18. The van der Waals surface area contributed by atoms with Crippen LogP contribution in [0.15, 0.2) is 0 Å². The molecule has 7 heteroatoms. The average Bonchev–Trinajstić information content (AvgIpc) is 2.82. The number of hydrogen-bond acceptors (Lipinski definition) is 5. The lowest BCUT2D eigenvalue weighted by molar-refractivity contribution is 0.00583. The number of fused-ring (bicyclic) bond motifs is 1. The first-order chi connectivity index (χ1) is 8.03. The Hall–Kier alpha value is -0.820. The molecule has 17 heavy (non-hydrogen) atoms. The van der Waals surface area contributed by atoms with E-state index in [2.05, 4.69) is 5.32 Å². The summed E-state index contributed by atoms with van der Waals surface area (Å²) in [6, 6.07) is 0. The molecule has 6 nitrogen and oxygen atoms in total. The first-order valence-electron chi connectivity index (χ1n) is 5.89. The van der Waals surface area contributed by atoms with Gasteiger partial charge in [0.25, 0.3) is 10.1 Å². The molecule has 3 rings (SSSR count). The van der Waals surface area contributed by atoms with E-state index in [1.54, 1.807) is 6.92 Å². The number of carbonyl (C=O) groups is 1. The lowest BCUT2D eigenvalue weighted by atomic mass is 9.94. The lowest BCUT2D eigenvalue weighted by Crippen LogP contribution is -2.39. The highest BCUT2D eigenvalue weighted by molar-refractivity contribution is 7.87. The number of alkyl carbamates (subject to hydrolysis) is 1. The van der Waals surface area contributed by atoms with E-state index in [4.69, 9.17) is 8.92 Å². The van der Waals surface area contributed by atoms with Crippen molar-refractivity contribution < 1.29 is 22.1 Å². The fourth-order valence-corrected chi connectivity index (χ4v) is 5.24. The summed E-state index contributed by atoms with van der Waals surface area (Å²) >= 11 is 0. The number of nitrogens with one attached hydrogen (secondary N) is 1. The second-order valence-corrected chi connectivity index (χ2v) is 6.67. The predicted octanol–water partition coefficient (Wildman–Crippen LogP) is 0.238. The Kier molecular flexibility index (Phi) is 2.38. The molecule has 5 atom stereocenters. The van der Waals surface area contributed by atoms with E-state index in [1.807, 2.05) is 0 Å². The van der Waals surface area contributed by atoms with Gasteiger partial charge in [0.1, 0.15) is 12.2 Å². The highest BCUT2D eigenvalue weighted by atomic mass is 32.2. The minimum absolute atomic E-state index is 0.0180. The Balaban J connectivity index is 1.76. The van der Waals surface area contributed by atoms with Gasteiger partial charge < -0.3 is 10.1 Å². The lowest BCUT2D eigenvalue weighted by Gasteiger charge is -2.24. The molecule has 0 radical (unpaired) electrons. The van der Waals surface area contributed by atoms with E-state index < -0.39 is 28.4 Å². The van der Waals surface area contributed by atoms with Crippen LogP contribution in [0.5, 0.6) is 0 Å². The molecular weight excluding hydrogens is 246 g/mol. The standard InChI is InChI=1S/C10H15NO5S/c1-2-11-10(12)15-8-5-3-6-7(4-5)17(13,14)16-9(6)8/h5-9H,2-4H2,1H3,(H,11,12). The number of ether oxygens (including phenoxy) is 1. The molecule has 0 aromatic carbocycles. The van der Waals surface area contributed by atoms with E-state index in [1.165, 1.54) is 0 Å². The van der Waals surface area contributed by atoms with Crippen molar-refractivity contribution in [3.05, 3.63) is 0 Å². The summed E-state index contributed by atoms with van der Waals surface area (Å²) in [6.07, 6.45) is 0.00702. The monoisotopic (exact) mass is 261 g/mol. The second-order valence-electron chi connectivity index (χ2n) is 4.89. The predicted molar refractivity (Wildman–Crippen MR) is 57.7 cm³/mol. The molecule has 0 aromatic rings. The zero-order valence-corrected chi connectivity index (χ0v) is 10.3. The average molecular weight is 261 g/mol. The molecule has 1 N–H and O–H groups in total. The van der Waals surface area contributed by atoms with Gasteiger partial charge in [0.05, 0.1) is 5.25 Å². The van der Waals surface area contributed by atoms with Crippen LogP contribution in [0.4, 0.5) is 4.79 Å². The van der Waals surface area contributed by atoms with Crippen LogP contribution in [0, 0.1) is 11.8 Å². The molecule has 5 unspecified atom stereocenters. The number of amides is 1. The Morgan fingerprint density at radius 3 is 2.94 bits per heavy atom. The Labute approximate surface area is 99.8 Å². The maximum atomic E-state index is 11.7. The molecule has 0 aromatic heterocycles. The van der Waals surface area contributed by atoms with E-state index in [9.17, 15) is 13.2 Å². The summed E-state index contributed by atoms with van der Waals surface area (Å²) in [5.41, 5.74) is 0. The maximum absolute atomic E-state index is 11.7. The molecule has 3 fully saturated rings. The minimum atomic E-state index is -3.42. The van der Waals surface area contributed by atoms with Gasteiger partial charge in [0.2, 0.25) is 0 Å². The minimum Gasteiger partial charge on any atom is -0.443 e. The van der Waals surface area contributed by atoms with Crippen LogP contribution in [-0.2, 0) is 19.0 Å². The van der Waals surface area contributed by atoms with Crippen LogP contribution >= 0.6 is 0 Å². The third-order valence-corrected chi connectivity index (χ3v) is 5.75. The van der Waals surface area contributed by atoms with Gasteiger partial charge in [-0.2, -0.15) is 8.42 Å². The molecule has 2 saturated carbocycles. The van der Waals surface area contributed by atoms with Crippen molar-refractivity contribution in [3.63, 3.8) is 0 Å². The normalized spacial score (nSPS) is 44.9. The Morgan fingerprint density at radius 1 is 1.47 bits per heavy atom. The van der Waals surface area contributed by atoms with Gasteiger partial charge in [-0.05, 0) is 19.8 Å². The highest BCUT2D eigenvalue weighted by Gasteiger charge is 2.65. The van der Waals surface area contributed by atoms with Gasteiger partial charge in [-0.1, -0.05) is 0 Å². The maximum Gasteiger partial charge on any atom is 0.407 e. The van der Waals surface area contributed by atoms with Gasteiger partial charge in [0, 0.05) is 18.4 Å². The molecule has 1 aliphatic heterocycles. The first kappa shape index (κ1) is 11.3. The zero-order chi connectivity index (χ0) is 12.2. The van der Waals surface area contributed by atoms with Crippen molar-refractivity contribution in [1.82, 2.24) is 5.32 Å². The van der Waals surface area contributed by atoms with E-state index in [0.717, 1.165) is 6.42 Å². The fourth-order valence-electron chi connectivity index (χ4n) is 3.35. The third kappa shape index (κ3) is 1.55. The summed E-state index contributed by atoms with van der Waals surface area (Å²) < 4.78 is 33.7. The van der Waals surface area contributed by atoms with Gasteiger partial charge in [-0.15, -0.1) is 0 Å². The van der Waals surface area contributed by atoms with Crippen LogP contribution in [0.2, 0.25) is 0 Å². The number of carbonyl (C=O) groups excluding carboxylic acids is 1. The number of rotatable bonds is 2. The van der Waals surface area contributed by atoms with Gasteiger partial charge in [-0.3, -0.25) is 4.18 Å². The zero-order valence-electron chi connectivity index (χ0n) is 9.46. The van der Waals surface area contributed by atoms with Crippen LogP contribution in [-0.4, -0.2) is 38.5 Å². The second kappa shape index (κ2) is 3.58. The molecule has 2 bridgehead atoms. The van der Waals surface area contributed by atoms with Crippen molar-refractivity contribution in [2.24, 2.45) is 11.8 Å².